The van der Waals surface area contributed by atoms with E-state index in [0.29, 0.717) is 70.9 Å². The number of allylic oxidation sites excluding steroid dienone is 8. The maximum atomic E-state index is 15.0. The lowest BCUT2D eigenvalue weighted by Gasteiger charge is -2.25. The summed E-state index contributed by atoms with van der Waals surface area (Å²) < 4.78 is 95.8. The highest BCUT2D eigenvalue weighted by Gasteiger charge is 2.30. The lowest BCUT2D eigenvalue weighted by atomic mass is 9.84. The van der Waals surface area contributed by atoms with Crippen LogP contribution in [0.25, 0.3) is 0 Å². The summed E-state index contributed by atoms with van der Waals surface area (Å²) in [6.45, 7) is 15.2. The van der Waals surface area contributed by atoms with Crippen molar-refractivity contribution in [1.82, 2.24) is 0 Å². The number of nitrogens with zero attached hydrogens (tertiary/aromatic N) is 4. The van der Waals surface area contributed by atoms with Crippen LogP contribution < -0.4 is 19.3 Å². The molecule has 0 heterocycles. The van der Waals surface area contributed by atoms with Gasteiger partial charge in [-0.1, -0.05) is 36.4 Å². The Kier molecular flexibility index (Phi) is 18.5. The zero-order valence-corrected chi connectivity index (χ0v) is 46.6. The molecule has 4 aromatic carbocycles. The van der Waals surface area contributed by atoms with Gasteiger partial charge in [-0.3, -0.25) is 18.7 Å². The SMILES string of the molecule is CCOC(=O)COc1c2cccc1CC1=CC(=Nc3cc(C)c(N(CC)CC)c(S(=O)(=O)O)c3)C=C(Cc3cccc(c3OCC(=O)OCC)CC3=CC(=Nc4cc(C)c(N(CC)CC)c(S(=O)(=O)O)c4)C=C(C2)C3=O)C1=O. The molecule has 0 atom stereocenters. The summed E-state index contributed by atoms with van der Waals surface area (Å²) in [6.07, 6.45) is 5.93. The van der Waals surface area contributed by atoms with E-state index in [2.05, 4.69) is 0 Å². The molecule has 8 bridgehead atoms. The first-order chi connectivity index (χ1) is 37.1. The van der Waals surface area contributed by atoms with Crippen molar-refractivity contribution < 1.29 is 64.1 Å². The first kappa shape index (κ1) is 58.2. The van der Waals surface area contributed by atoms with Gasteiger partial charge in [0.05, 0.1) is 47.4 Å². The molecule has 3 aliphatic rings. The molecule has 20 heteroatoms. The molecule has 4 aromatic rings. The number of aryl methyl sites for hydroxylation is 2. The van der Waals surface area contributed by atoms with Gasteiger partial charge in [0.1, 0.15) is 21.3 Å². The molecule has 3 aliphatic carbocycles. The van der Waals surface area contributed by atoms with Gasteiger partial charge in [-0.15, -0.1) is 0 Å². The molecule has 7 rings (SSSR count). The van der Waals surface area contributed by atoms with Gasteiger partial charge in [-0.2, -0.15) is 16.8 Å². The largest absolute Gasteiger partial charge is 0.481 e. The predicted octanol–water partition coefficient (Wildman–Crippen LogP) is 8.67. The Morgan fingerprint density at radius 1 is 0.526 bits per heavy atom. The topological polar surface area (TPSA) is 245 Å². The zero-order chi connectivity index (χ0) is 56.6. The second-order valence-electron chi connectivity index (χ2n) is 18.6. The van der Waals surface area contributed by atoms with Crippen molar-refractivity contribution in [2.45, 2.75) is 90.9 Å². The van der Waals surface area contributed by atoms with Crippen LogP contribution in [-0.2, 0) is 74.6 Å². The standard InChI is InChI=1S/C58H64N4O14S2/c1-9-61(10-2)53-35(7)21-45(31-49(53)77(67,68)69)59-47-27-41-23-37-17-15-19-39(57(37)75-33-51(63)73-13-5)25-43-29-48(60-46-22-36(8)54(62(11-3)12-4)50(32-46)78(70,71)72)30-44(56(43)66)26-40-20-16-18-38(24-42(28-47)55(41)65)58(40)76-34-52(64)74-14-6/h15-22,27-32H,9-14,23-26,33-34H2,1-8H3,(H,67,68,69)(H,70,71,72). The molecule has 18 nitrogen and oxygen atoms in total. The highest BCUT2D eigenvalue weighted by molar-refractivity contribution is 7.86. The maximum absolute atomic E-state index is 15.0. The molecule has 78 heavy (non-hydrogen) atoms. The highest BCUT2D eigenvalue weighted by atomic mass is 32.2. The number of rotatable bonds is 18. The van der Waals surface area contributed by atoms with Crippen molar-refractivity contribution in [2.24, 2.45) is 9.98 Å². The minimum Gasteiger partial charge on any atom is -0.481 e. The Hall–Kier alpha value is -7.52. The van der Waals surface area contributed by atoms with Gasteiger partial charge in [0.2, 0.25) is 0 Å². The number of carbonyl (C=O) groups excluding carboxylic acids is 4. The quantitative estimate of drug-likeness (QED) is 0.0537. The maximum Gasteiger partial charge on any atom is 0.344 e. The molecule has 0 amide bonds. The lowest BCUT2D eigenvalue weighted by molar-refractivity contribution is -0.146. The smallest absolute Gasteiger partial charge is 0.344 e. The summed E-state index contributed by atoms with van der Waals surface area (Å²) in [4.78, 5) is 68.5. The third kappa shape index (κ3) is 13.4. The van der Waals surface area contributed by atoms with Crippen molar-refractivity contribution in [3.63, 3.8) is 0 Å². The molecular formula is C58H64N4O14S2. The molecule has 0 aromatic heterocycles. The number of hydrogen-bond acceptors (Lipinski definition) is 16. The average Bonchev–Trinajstić information content (AvgIpc) is 3.39. The predicted molar refractivity (Wildman–Crippen MR) is 298 cm³/mol. The van der Waals surface area contributed by atoms with E-state index in [4.69, 9.17) is 28.9 Å². The normalized spacial score (nSPS) is 14.6. The number of anilines is 2. The van der Waals surface area contributed by atoms with E-state index in [1.165, 1.54) is 12.1 Å². The molecule has 0 fully saturated rings. The van der Waals surface area contributed by atoms with Crippen LogP contribution in [0.4, 0.5) is 22.7 Å². The first-order valence-corrected chi connectivity index (χ1v) is 28.6. The number of Topliss-reactive ketones (excluding diaryl/α,β-unsaturated/α-hetero) is 2. The van der Waals surface area contributed by atoms with Gasteiger partial charge in [-0.25, -0.2) is 19.6 Å². The van der Waals surface area contributed by atoms with Crippen LogP contribution in [0.3, 0.4) is 0 Å². The third-order valence-electron chi connectivity index (χ3n) is 13.3. The van der Waals surface area contributed by atoms with Crippen molar-refractivity contribution in [1.29, 1.82) is 0 Å². The summed E-state index contributed by atoms with van der Waals surface area (Å²) in [7, 11) is -9.49. The van der Waals surface area contributed by atoms with Crippen LogP contribution in [0.1, 0.15) is 74.9 Å². The second-order valence-corrected chi connectivity index (χ2v) is 21.4. The average molecular weight is 1110 g/mol. The summed E-state index contributed by atoms with van der Waals surface area (Å²) in [5.74, 6) is -1.70. The van der Waals surface area contributed by atoms with E-state index in [1.807, 2.05) is 37.5 Å². The number of ketones is 2. The summed E-state index contributed by atoms with van der Waals surface area (Å²) in [5.41, 5.74) is 5.35. The first-order valence-electron chi connectivity index (χ1n) is 25.7. The van der Waals surface area contributed by atoms with Crippen LogP contribution in [0, 0.1) is 13.8 Å². The zero-order valence-electron chi connectivity index (χ0n) is 45.0. The Labute approximate surface area is 455 Å². The fraction of sp³-hybridized carbons (Fsp3) is 0.345. The Morgan fingerprint density at radius 3 is 1.10 bits per heavy atom. The van der Waals surface area contributed by atoms with Gasteiger partial charge in [-0.05, 0) is 137 Å². The van der Waals surface area contributed by atoms with E-state index in [0.717, 1.165) is 0 Å². The summed E-state index contributed by atoms with van der Waals surface area (Å²) in [6, 6.07) is 16.3. The number of benzene rings is 4. The Bertz CT molecular complexity index is 3170. The second kappa shape index (κ2) is 24.9. The monoisotopic (exact) mass is 1100 g/mol. The van der Waals surface area contributed by atoms with Crippen LogP contribution in [0.5, 0.6) is 11.5 Å². The lowest BCUT2D eigenvalue weighted by Crippen LogP contribution is -2.25. The van der Waals surface area contributed by atoms with Crippen LogP contribution in [-0.4, -0.2) is 113 Å². The molecule has 412 valence electrons. The van der Waals surface area contributed by atoms with Crippen molar-refractivity contribution >= 4 is 77.9 Å². The molecule has 2 N–H and O–H groups in total. The van der Waals surface area contributed by atoms with Gasteiger partial charge in [0.15, 0.2) is 24.8 Å². The minimum absolute atomic E-state index is 0.0818. The van der Waals surface area contributed by atoms with E-state index < -0.39 is 45.4 Å². The van der Waals surface area contributed by atoms with Gasteiger partial charge < -0.3 is 28.7 Å². The molecule has 0 spiro atoms. The van der Waals surface area contributed by atoms with Crippen molar-refractivity contribution in [3.8, 4) is 11.5 Å². The number of hydrogen-bond donors (Lipinski definition) is 2. The number of fused-ring (bicyclic) bond motifs is 8. The molecule has 0 saturated carbocycles. The number of ether oxygens (including phenoxy) is 4. The Morgan fingerprint density at radius 2 is 0.833 bits per heavy atom. The number of esters is 2. The highest BCUT2D eigenvalue weighted by Crippen LogP contribution is 2.39. The minimum atomic E-state index is -4.74. The van der Waals surface area contributed by atoms with Gasteiger partial charge in [0.25, 0.3) is 20.2 Å². The van der Waals surface area contributed by atoms with Crippen molar-refractivity contribution in [2.75, 3.05) is 62.4 Å². The molecule has 0 saturated heterocycles. The van der Waals surface area contributed by atoms with E-state index >= 15 is 0 Å². The fourth-order valence-electron chi connectivity index (χ4n) is 9.99. The number of para-hydroxylation sites is 2. The summed E-state index contributed by atoms with van der Waals surface area (Å²) >= 11 is 0. The molecule has 0 radical (unpaired) electrons. The Balaban J connectivity index is 1.47. The molecule has 0 aliphatic heterocycles. The van der Waals surface area contributed by atoms with Crippen LogP contribution in [0.2, 0.25) is 0 Å². The molecular weight excluding hydrogens is 1040 g/mol. The van der Waals surface area contributed by atoms with E-state index in [9.17, 15) is 45.1 Å². The van der Waals surface area contributed by atoms with Crippen LogP contribution >= 0.6 is 0 Å². The molecule has 0 unspecified atom stereocenters. The summed E-state index contributed by atoms with van der Waals surface area (Å²) in [5, 5.41) is 0. The van der Waals surface area contributed by atoms with Gasteiger partial charge in [0, 0.05) is 74.2 Å². The fourth-order valence-corrected chi connectivity index (χ4v) is 11.6. The van der Waals surface area contributed by atoms with Gasteiger partial charge >= 0.3 is 11.9 Å². The number of carbonyl (C=O) groups is 4. The van der Waals surface area contributed by atoms with E-state index in [1.54, 1.807) is 101 Å². The van der Waals surface area contributed by atoms with Crippen molar-refractivity contribution in [3.05, 3.63) is 141 Å². The number of aliphatic imine (C=N–C) groups is 2. The third-order valence-corrected chi connectivity index (χ3v) is 15.1. The van der Waals surface area contributed by atoms with E-state index in [-0.39, 0.29) is 117 Å². The van der Waals surface area contributed by atoms with Crippen LogP contribution in [0.15, 0.2) is 127 Å².